The molecule has 6 aromatic rings. The van der Waals surface area contributed by atoms with E-state index in [2.05, 4.69) is 191 Å². The van der Waals surface area contributed by atoms with E-state index in [-0.39, 0.29) is 0 Å². The van der Waals surface area contributed by atoms with Crippen LogP contribution in [0.2, 0.25) is 0 Å². The monoisotopic (exact) mass is 650 g/mol. The fourth-order valence-electron chi connectivity index (χ4n) is 8.17. The van der Waals surface area contributed by atoms with Gasteiger partial charge in [-0.1, -0.05) is 187 Å². The van der Waals surface area contributed by atoms with Gasteiger partial charge in [0.25, 0.3) is 0 Å². The van der Waals surface area contributed by atoms with Crippen LogP contribution in [0.1, 0.15) is 61.1 Å². The van der Waals surface area contributed by atoms with Crippen molar-refractivity contribution >= 4 is 23.6 Å². The molecule has 0 saturated heterocycles. The topological polar surface area (TPSA) is 0 Å². The van der Waals surface area contributed by atoms with Crippen molar-refractivity contribution in [2.75, 3.05) is 0 Å². The maximum Gasteiger partial charge on any atom is 0.176 e. The van der Waals surface area contributed by atoms with Gasteiger partial charge in [0.1, 0.15) is 0 Å². The Hall–Kier alpha value is -4.98. The Kier molecular flexibility index (Phi) is 9.46. The molecule has 0 aliphatic heterocycles. The molecule has 0 fully saturated rings. The first-order valence-corrected chi connectivity index (χ1v) is 19.7. The van der Waals surface area contributed by atoms with E-state index in [4.69, 9.17) is 0 Å². The van der Waals surface area contributed by atoms with Crippen LogP contribution in [0.3, 0.4) is 0 Å². The SMILES string of the molecule is CC1=C(C)C(C)C([Si](c2cccc(Cc3ccccc3)c2)(c2cccc(Cc3ccccc3)c2)c2cccc(Cc3ccccc3)c2)=C1C. The summed E-state index contributed by atoms with van der Waals surface area (Å²) < 4.78 is 0. The van der Waals surface area contributed by atoms with Crippen LogP contribution >= 0.6 is 0 Å². The van der Waals surface area contributed by atoms with Crippen LogP contribution in [0.5, 0.6) is 0 Å². The molecule has 0 saturated carbocycles. The van der Waals surface area contributed by atoms with Gasteiger partial charge in [0.15, 0.2) is 8.07 Å². The lowest BCUT2D eigenvalue weighted by atomic mass is 10.0. The third-order valence-electron chi connectivity index (χ3n) is 10.9. The van der Waals surface area contributed by atoms with Gasteiger partial charge in [-0.05, 0) is 100 Å². The molecule has 6 aromatic carbocycles. The lowest BCUT2D eigenvalue weighted by Gasteiger charge is -2.39. The van der Waals surface area contributed by atoms with E-state index in [0.717, 1.165) is 19.3 Å². The second-order valence-corrected chi connectivity index (χ2v) is 17.7. The highest BCUT2D eigenvalue weighted by Crippen LogP contribution is 2.41. The lowest BCUT2D eigenvalue weighted by molar-refractivity contribution is 0.851. The zero-order valence-corrected chi connectivity index (χ0v) is 30.3. The minimum Gasteiger partial charge on any atom is -0.0636 e. The number of benzene rings is 6. The van der Waals surface area contributed by atoms with Crippen molar-refractivity contribution in [3.05, 3.63) is 219 Å². The zero-order valence-electron chi connectivity index (χ0n) is 29.3. The van der Waals surface area contributed by atoms with Crippen molar-refractivity contribution in [2.45, 2.75) is 47.0 Å². The summed E-state index contributed by atoms with van der Waals surface area (Å²) in [6.07, 6.45) is 2.77. The van der Waals surface area contributed by atoms with E-state index in [0.29, 0.717) is 5.92 Å². The third kappa shape index (κ3) is 6.56. The highest BCUT2D eigenvalue weighted by Gasteiger charge is 2.48. The van der Waals surface area contributed by atoms with Crippen molar-refractivity contribution in [3.63, 3.8) is 0 Å². The van der Waals surface area contributed by atoms with E-state index >= 15 is 0 Å². The van der Waals surface area contributed by atoms with E-state index in [1.807, 2.05) is 0 Å². The van der Waals surface area contributed by atoms with E-state index in [1.165, 1.54) is 65.7 Å². The van der Waals surface area contributed by atoms with Gasteiger partial charge in [-0.3, -0.25) is 0 Å². The Balaban J connectivity index is 1.49. The summed E-state index contributed by atoms with van der Waals surface area (Å²) in [6.45, 7) is 9.56. The maximum atomic E-state index is 2.56. The predicted octanol–water partition coefficient (Wildman–Crippen LogP) is 9.77. The number of hydrogen-bond acceptors (Lipinski definition) is 0. The molecule has 0 aromatic heterocycles. The van der Waals surface area contributed by atoms with Gasteiger partial charge in [-0.15, -0.1) is 0 Å². The molecule has 0 amide bonds. The van der Waals surface area contributed by atoms with Crippen molar-refractivity contribution in [3.8, 4) is 0 Å². The Morgan fingerprint density at radius 3 is 1.02 bits per heavy atom. The fraction of sp³-hybridized carbons (Fsp3) is 0.167. The smallest absolute Gasteiger partial charge is 0.0636 e. The largest absolute Gasteiger partial charge is 0.176 e. The molecule has 1 heteroatoms. The third-order valence-corrected chi connectivity index (χ3v) is 16.0. The van der Waals surface area contributed by atoms with Gasteiger partial charge in [0, 0.05) is 0 Å². The number of rotatable bonds is 10. The maximum absolute atomic E-state index is 2.81. The molecule has 1 aliphatic carbocycles. The Morgan fingerprint density at radius 2 is 0.714 bits per heavy atom. The van der Waals surface area contributed by atoms with Gasteiger partial charge in [-0.25, -0.2) is 0 Å². The molecule has 0 spiro atoms. The second-order valence-electron chi connectivity index (χ2n) is 13.9. The first kappa shape index (κ1) is 32.6. The number of allylic oxidation sites excluding steroid dienone is 4. The molecule has 1 unspecified atom stereocenters. The van der Waals surface area contributed by atoms with Gasteiger partial charge in [0.2, 0.25) is 0 Å². The summed E-state index contributed by atoms with van der Waals surface area (Å²) in [4.78, 5) is 0. The van der Waals surface area contributed by atoms with Gasteiger partial charge in [-0.2, -0.15) is 0 Å². The van der Waals surface area contributed by atoms with Crippen LogP contribution in [-0.2, 0) is 19.3 Å². The minimum atomic E-state index is -2.81. The van der Waals surface area contributed by atoms with Crippen LogP contribution < -0.4 is 15.6 Å². The molecular formula is C48H46Si. The Bertz CT molecular complexity index is 1910. The molecule has 0 N–H and O–H groups in total. The van der Waals surface area contributed by atoms with E-state index < -0.39 is 8.07 Å². The van der Waals surface area contributed by atoms with Crippen molar-refractivity contribution in [2.24, 2.45) is 5.92 Å². The zero-order chi connectivity index (χ0) is 33.8. The first-order chi connectivity index (χ1) is 23.9. The molecule has 49 heavy (non-hydrogen) atoms. The molecule has 1 aliphatic rings. The molecule has 0 radical (unpaired) electrons. The average molecular weight is 651 g/mol. The van der Waals surface area contributed by atoms with Crippen molar-refractivity contribution < 1.29 is 0 Å². The van der Waals surface area contributed by atoms with Crippen molar-refractivity contribution in [1.82, 2.24) is 0 Å². The molecule has 1 atom stereocenters. The second kappa shape index (κ2) is 14.2. The lowest BCUT2D eigenvalue weighted by Crippen LogP contribution is -2.69. The molecule has 7 rings (SSSR count). The summed E-state index contributed by atoms with van der Waals surface area (Å²) in [5.74, 6) is 0.361. The summed E-state index contributed by atoms with van der Waals surface area (Å²) in [5.41, 5.74) is 12.6. The Morgan fingerprint density at radius 1 is 0.388 bits per heavy atom. The Labute approximate surface area is 294 Å². The standard InChI is InChI=1S/C48H46Si/c1-35-36(2)38(4)48(37(35)3)49(45-26-14-23-42(32-45)29-39-17-8-5-9-18-39,46-27-15-24-43(33-46)30-40-19-10-6-11-20-40)47-28-16-25-44(34-47)31-41-21-12-7-13-22-41/h5-28,32-34,37H,29-31H2,1-4H3. The van der Waals surface area contributed by atoms with Gasteiger partial charge in [0.05, 0.1) is 0 Å². The summed E-state index contributed by atoms with van der Waals surface area (Å²) in [5, 5.41) is 6.04. The van der Waals surface area contributed by atoms with E-state index in [9.17, 15) is 0 Å². The number of hydrogen-bond donors (Lipinski definition) is 0. The highest BCUT2D eigenvalue weighted by atomic mass is 28.3. The molecular weight excluding hydrogens is 605 g/mol. The first-order valence-electron chi connectivity index (χ1n) is 17.7. The average Bonchev–Trinajstić information content (AvgIpc) is 3.32. The van der Waals surface area contributed by atoms with Gasteiger partial charge < -0.3 is 0 Å². The van der Waals surface area contributed by atoms with Crippen LogP contribution in [0.4, 0.5) is 0 Å². The normalized spacial score (nSPS) is 14.8. The quantitative estimate of drug-likeness (QED) is 0.102. The fourth-order valence-corrected chi connectivity index (χ4v) is 14.0. The summed E-state index contributed by atoms with van der Waals surface area (Å²) in [7, 11) is -2.81. The molecule has 0 heterocycles. The van der Waals surface area contributed by atoms with Gasteiger partial charge >= 0.3 is 0 Å². The molecule has 0 bridgehead atoms. The van der Waals surface area contributed by atoms with Crippen LogP contribution in [0.25, 0.3) is 0 Å². The predicted molar refractivity (Wildman–Crippen MR) is 212 cm³/mol. The van der Waals surface area contributed by atoms with Crippen molar-refractivity contribution in [1.29, 1.82) is 0 Å². The van der Waals surface area contributed by atoms with E-state index in [1.54, 1.807) is 5.20 Å². The minimum absolute atomic E-state index is 0.361. The highest BCUT2D eigenvalue weighted by molar-refractivity contribution is 7.16. The molecule has 0 nitrogen and oxygen atoms in total. The summed E-state index contributed by atoms with van der Waals surface area (Å²) in [6, 6.07) is 61.7. The van der Waals surface area contributed by atoms with Crippen LogP contribution in [0.15, 0.2) is 186 Å². The van der Waals surface area contributed by atoms with Crippen LogP contribution in [0, 0.1) is 5.92 Å². The van der Waals surface area contributed by atoms with Crippen LogP contribution in [-0.4, -0.2) is 8.07 Å². The summed E-state index contributed by atoms with van der Waals surface area (Å²) >= 11 is 0. The molecule has 242 valence electrons.